The number of ether oxygens (including phenoxy) is 2. The number of rotatable bonds is 6. The van der Waals surface area contributed by atoms with Gasteiger partial charge in [0.15, 0.2) is 0 Å². The summed E-state index contributed by atoms with van der Waals surface area (Å²) in [6.45, 7) is 2.82. The van der Waals surface area contributed by atoms with Gasteiger partial charge in [0.1, 0.15) is 5.75 Å². The van der Waals surface area contributed by atoms with Crippen molar-refractivity contribution in [3.05, 3.63) is 70.1 Å². The van der Waals surface area contributed by atoms with E-state index in [-0.39, 0.29) is 11.5 Å². The number of hydrogen-bond donors (Lipinski definition) is 1. The Morgan fingerprint density at radius 2 is 1.93 bits per heavy atom. The predicted octanol–water partition coefficient (Wildman–Crippen LogP) is 3.22. The summed E-state index contributed by atoms with van der Waals surface area (Å²) >= 11 is 0. The topological polar surface area (TPSA) is 69.6 Å². The van der Waals surface area contributed by atoms with Crippen molar-refractivity contribution in [2.75, 3.05) is 26.1 Å². The van der Waals surface area contributed by atoms with Gasteiger partial charge in [0.2, 0.25) is 0 Å². The Bertz CT molecular complexity index is 1040. The Morgan fingerprint density at radius 3 is 2.63 bits per heavy atom. The summed E-state index contributed by atoms with van der Waals surface area (Å²) in [5, 5.41) is 4.16. The molecule has 0 spiro atoms. The van der Waals surface area contributed by atoms with Crippen molar-refractivity contribution in [2.24, 2.45) is 0 Å². The number of pyridine rings is 1. The van der Waals surface area contributed by atoms with Gasteiger partial charge in [-0.3, -0.25) is 9.59 Å². The van der Waals surface area contributed by atoms with Crippen LogP contribution in [0.25, 0.3) is 10.8 Å². The second-order valence-electron chi connectivity index (χ2n) is 6.21. The van der Waals surface area contributed by atoms with E-state index in [9.17, 15) is 9.59 Å². The largest absolute Gasteiger partial charge is 0.496 e. The molecule has 6 heteroatoms. The van der Waals surface area contributed by atoms with E-state index >= 15 is 0 Å². The van der Waals surface area contributed by atoms with E-state index in [2.05, 4.69) is 5.32 Å². The Labute approximate surface area is 157 Å². The molecule has 1 N–H and O–H groups in total. The van der Waals surface area contributed by atoms with E-state index in [4.69, 9.17) is 9.47 Å². The SMILES string of the molecule is COCCn1ccc2c(NC(=O)c3ccc(OC)c(C)c3)cccc2c1=O. The molecular weight excluding hydrogens is 344 g/mol. The molecule has 0 saturated carbocycles. The maximum Gasteiger partial charge on any atom is 0.258 e. The van der Waals surface area contributed by atoms with Crippen molar-refractivity contribution in [2.45, 2.75) is 13.5 Å². The van der Waals surface area contributed by atoms with E-state index in [1.165, 1.54) is 0 Å². The maximum atomic E-state index is 12.7. The molecule has 6 nitrogen and oxygen atoms in total. The smallest absolute Gasteiger partial charge is 0.258 e. The summed E-state index contributed by atoms with van der Waals surface area (Å²) in [6, 6.07) is 12.4. The third kappa shape index (κ3) is 3.85. The first kappa shape index (κ1) is 18.7. The molecule has 1 aromatic heterocycles. The van der Waals surface area contributed by atoms with Crippen molar-refractivity contribution in [1.29, 1.82) is 0 Å². The molecule has 27 heavy (non-hydrogen) atoms. The summed E-state index contributed by atoms with van der Waals surface area (Å²) in [4.78, 5) is 25.3. The number of carbonyl (C=O) groups is 1. The number of nitrogens with zero attached hydrogens (tertiary/aromatic N) is 1. The van der Waals surface area contributed by atoms with Gasteiger partial charge in [-0.2, -0.15) is 0 Å². The van der Waals surface area contributed by atoms with Crippen LogP contribution < -0.4 is 15.6 Å². The molecule has 0 fully saturated rings. The van der Waals surface area contributed by atoms with E-state index < -0.39 is 0 Å². The van der Waals surface area contributed by atoms with E-state index in [0.717, 1.165) is 11.3 Å². The second kappa shape index (κ2) is 8.05. The molecule has 0 saturated heterocycles. The molecule has 0 aliphatic rings. The summed E-state index contributed by atoms with van der Waals surface area (Å²) < 4.78 is 11.9. The quantitative estimate of drug-likeness (QED) is 0.727. The third-order valence-corrected chi connectivity index (χ3v) is 4.46. The zero-order chi connectivity index (χ0) is 19.4. The molecule has 1 amide bonds. The number of methoxy groups -OCH3 is 2. The van der Waals surface area contributed by atoms with Crippen LogP contribution in [0.15, 0.2) is 53.5 Å². The highest BCUT2D eigenvalue weighted by atomic mass is 16.5. The third-order valence-electron chi connectivity index (χ3n) is 4.46. The fourth-order valence-corrected chi connectivity index (χ4v) is 3.01. The molecule has 0 atom stereocenters. The zero-order valence-electron chi connectivity index (χ0n) is 15.6. The van der Waals surface area contributed by atoms with Gasteiger partial charge in [-0.15, -0.1) is 0 Å². The number of hydrogen-bond acceptors (Lipinski definition) is 4. The minimum Gasteiger partial charge on any atom is -0.496 e. The number of nitrogens with one attached hydrogen (secondary N) is 1. The average Bonchev–Trinajstić information content (AvgIpc) is 2.68. The number of carbonyl (C=O) groups excluding carboxylic acids is 1. The van der Waals surface area contributed by atoms with Crippen LogP contribution in [-0.2, 0) is 11.3 Å². The van der Waals surface area contributed by atoms with Crippen LogP contribution in [0.2, 0.25) is 0 Å². The lowest BCUT2D eigenvalue weighted by atomic mass is 10.1. The molecule has 1 heterocycles. The Balaban J connectivity index is 1.93. The Hall–Kier alpha value is -3.12. The molecule has 3 rings (SSSR count). The Kier molecular flexibility index (Phi) is 5.57. The monoisotopic (exact) mass is 366 g/mol. The maximum absolute atomic E-state index is 12.7. The fraction of sp³-hybridized carbons (Fsp3) is 0.238. The van der Waals surface area contributed by atoms with Crippen molar-refractivity contribution in [3.63, 3.8) is 0 Å². The van der Waals surface area contributed by atoms with Crippen molar-refractivity contribution in [1.82, 2.24) is 4.57 Å². The van der Waals surface area contributed by atoms with Gasteiger partial charge in [0, 0.05) is 41.9 Å². The van der Waals surface area contributed by atoms with Crippen LogP contribution in [0, 0.1) is 6.92 Å². The van der Waals surface area contributed by atoms with Gasteiger partial charge in [0.05, 0.1) is 13.7 Å². The highest BCUT2D eigenvalue weighted by Crippen LogP contribution is 2.23. The first-order valence-corrected chi connectivity index (χ1v) is 8.62. The second-order valence-corrected chi connectivity index (χ2v) is 6.21. The van der Waals surface area contributed by atoms with Crippen molar-refractivity contribution < 1.29 is 14.3 Å². The van der Waals surface area contributed by atoms with Crippen LogP contribution >= 0.6 is 0 Å². The van der Waals surface area contributed by atoms with E-state index in [1.54, 1.807) is 61.4 Å². The van der Waals surface area contributed by atoms with Crippen LogP contribution in [0.4, 0.5) is 5.69 Å². The number of benzene rings is 2. The first-order chi connectivity index (χ1) is 13.0. The number of anilines is 1. The molecule has 140 valence electrons. The standard InChI is InChI=1S/C21H22N2O4/c1-14-13-15(7-8-19(14)27-3)20(24)22-18-6-4-5-17-16(18)9-10-23(21(17)25)11-12-26-2/h4-10,13H,11-12H2,1-3H3,(H,22,24). The Morgan fingerprint density at radius 1 is 1.11 bits per heavy atom. The van der Waals surface area contributed by atoms with Crippen LogP contribution in [-0.4, -0.2) is 31.3 Å². The molecule has 0 aliphatic carbocycles. The first-order valence-electron chi connectivity index (χ1n) is 8.62. The summed E-state index contributed by atoms with van der Waals surface area (Å²) in [5.41, 5.74) is 1.89. The highest BCUT2D eigenvalue weighted by molar-refractivity contribution is 6.09. The van der Waals surface area contributed by atoms with E-state index in [0.29, 0.717) is 35.2 Å². The van der Waals surface area contributed by atoms with Gasteiger partial charge in [0.25, 0.3) is 11.5 Å². The van der Waals surface area contributed by atoms with E-state index in [1.807, 2.05) is 13.0 Å². The lowest BCUT2D eigenvalue weighted by Gasteiger charge is -2.12. The molecule has 0 bridgehead atoms. The number of amides is 1. The van der Waals surface area contributed by atoms with Crippen molar-refractivity contribution in [3.8, 4) is 5.75 Å². The van der Waals surface area contributed by atoms with Crippen LogP contribution in [0.5, 0.6) is 5.75 Å². The van der Waals surface area contributed by atoms with Gasteiger partial charge < -0.3 is 19.4 Å². The summed E-state index contributed by atoms with van der Waals surface area (Å²) in [7, 11) is 3.19. The van der Waals surface area contributed by atoms with Crippen LogP contribution in [0.1, 0.15) is 15.9 Å². The van der Waals surface area contributed by atoms with Crippen molar-refractivity contribution >= 4 is 22.4 Å². The normalized spacial score (nSPS) is 10.8. The van der Waals surface area contributed by atoms with Gasteiger partial charge in [-0.05, 0) is 48.9 Å². The number of aryl methyl sites for hydroxylation is 1. The molecule has 0 unspecified atom stereocenters. The molecule has 0 aliphatic heterocycles. The van der Waals surface area contributed by atoms with Gasteiger partial charge >= 0.3 is 0 Å². The molecule has 0 radical (unpaired) electrons. The molecule has 2 aromatic carbocycles. The van der Waals surface area contributed by atoms with Gasteiger partial charge in [-0.25, -0.2) is 0 Å². The lowest BCUT2D eigenvalue weighted by Crippen LogP contribution is -2.22. The zero-order valence-corrected chi connectivity index (χ0v) is 15.6. The highest BCUT2D eigenvalue weighted by Gasteiger charge is 2.12. The minimum atomic E-state index is -0.239. The lowest BCUT2D eigenvalue weighted by molar-refractivity contribution is 0.102. The van der Waals surface area contributed by atoms with Crippen LogP contribution in [0.3, 0.4) is 0 Å². The minimum absolute atomic E-state index is 0.110. The number of fused-ring (bicyclic) bond motifs is 1. The molecular formula is C21H22N2O4. The summed E-state index contributed by atoms with van der Waals surface area (Å²) in [6.07, 6.45) is 1.72. The summed E-state index contributed by atoms with van der Waals surface area (Å²) in [5.74, 6) is 0.491. The average molecular weight is 366 g/mol. The number of aromatic nitrogens is 1. The fourth-order valence-electron chi connectivity index (χ4n) is 3.01. The van der Waals surface area contributed by atoms with Gasteiger partial charge in [-0.1, -0.05) is 6.07 Å². The predicted molar refractivity (Wildman–Crippen MR) is 106 cm³/mol. The molecule has 3 aromatic rings.